The van der Waals surface area contributed by atoms with E-state index in [0.29, 0.717) is 0 Å². The first-order valence-corrected chi connectivity index (χ1v) is 6.50. The first-order chi connectivity index (χ1) is 8.34. The number of benzene rings is 1. The van der Waals surface area contributed by atoms with Gasteiger partial charge >= 0.3 is 16.3 Å². The highest BCUT2D eigenvalue weighted by molar-refractivity contribution is 7.86. The highest BCUT2D eigenvalue weighted by Gasteiger charge is 2.11. The van der Waals surface area contributed by atoms with Crippen molar-refractivity contribution in [3.05, 3.63) is 18.2 Å². The van der Waals surface area contributed by atoms with Gasteiger partial charge in [0.25, 0.3) is 0 Å². The normalized spacial score (nSPS) is 10.6. The maximum absolute atomic E-state index is 11.0. The van der Waals surface area contributed by atoms with Crippen molar-refractivity contribution in [2.24, 2.45) is 0 Å². The van der Waals surface area contributed by atoms with Crippen molar-refractivity contribution >= 4 is 16.3 Å². The van der Waals surface area contributed by atoms with E-state index in [1.807, 2.05) is 0 Å². The van der Waals surface area contributed by atoms with Crippen molar-refractivity contribution in [1.82, 2.24) is 0 Å². The van der Waals surface area contributed by atoms with Gasteiger partial charge in [0.1, 0.15) is 17.2 Å². The van der Waals surface area contributed by atoms with Crippen LogP contribution in [0.25, 0.3) is 0 Å². The van der Waals surface area contributed by atoms with Crippen LogP contribution in [0.2, 0.25) is 0 Å². The zero-order valence-electron chi connectivity index (χ0n) is 10.00. The Morgan fingerprint density at radius 2 is 1.61 bits per heavy atom. The van der Waals surface area contributed by atoms with Gasteiger partial charge < -0.3 is 18.4 Å². The van der Waals surface area contributed by atoms with E-state index in [1.54, 1.807) is 0 Å². The minimum atomic E-state index is -3.68. The lowest BCUT2D eigenvalue weighted by Gasteiger charge is -2.08. The number of methoxy groups -OCH3 is 2. The summed E-state index contributed by atoms with van der Waals surface area (Å²) in [5.41, 5.74) is 0. The highest BCUT2D eigenvalue weighted by Crippen LogP contribution is 2.28. The van der Waals surface area contributed by atoms with Crippen molar-refractivity contribution in [2.75, 3.05) is 20.5 Å². The lowest BCUT2D eigenvalue weighted by atomic mass is 10.3. The Hall–Kier alpha value is -1.96. The van der Waals surface area contributed by atoms with Crippen LogP contribution in [0.4, 0.5) is 4.79 Å². The molecule has 1 aromatic carbocycles. The molecular weight excluding hydrogens is 264 g/mol. The number of hydrogen-bond acceptors (Lipinski definition) is 7. The molecule has 0 unspecified atom stereocenters. The summed E-state index contributed by atoms with van der Waals surface area (Å²) in [5, 5.41) is 0. The molecule has 0 aromatic heterocycles. The van der Waals surface area contributed by atoms with Crippen LogP contribution in [0.3, 0.4) is 0 Å². The van der Waals surface area contributed by atoms with E-state index in [9.17, 15) is 13.2 Å². The van der Waals surface area contributed by atoms with E-state index in [4.69, 9.17) is 9.47 Å². The molecular formula is C10H12O7S. The number of carbonyl (C=O) groups is 1. The van der Waals surface area contributed by atoms with Gasteiger partial charge in [-0.3, -0.25) is 0 Å². The van der Waals surface area contributed by atoms with E-state index in [2.05, 4.69) is 8.92 Å². The molecule has 0 bridgehead atoms. The van der Waals surface area contributed by atoms with Crippen molar-refractivity contribution in [3.8, 4) is 17.2 Å². The molecule has 0 fully saturated rings. The third-order valence-electron chi connectivity index (χ3n) is 1.70. The third kappa shape index (κ3) is 4.50. The molecule has 0 N–H and O–H groups in total. The van der Waals surface area contributed by atoms with Gasteiger partial charge in [0.2, 0.25) is 0 Å². The largest absolute Gasteiger partial charge is 0.513 e. The molecule has 7 nitrogen and oxygen atoms in total. The lowest BCUT2D eigenvalue weighted by Crippen LogP contribution is -2.09. The average Bonchev–Trinajstić information content (AvgIpc) is 2.26. The minimum Gasteiger partial charge on any atom is -0.496 e. The van der Waals surface area contributed by atoms with Gasteiger partial charge in [-0.2, -0.15) is 8.42 Å². The first-order valence-electron chi connectivity index (χ1n) is 4.68. The zero-order chi connectivity index (χ0) is 13.8. The predicted molar refractivity (Wildman–Crippen MR) is 61.5 cm³/mol. The average molecular weight is 276 g/mol. The first kappa shape index (κ1) is 14.1. The van der Waals surface area contributed by atoms with Crippen molar-refractivity contribution in [3.63, 3.8) is 0 Å². The van der Waals surface area contributed by atoms with Crippen molar-refractivity contribution in [2.45, 2.75) is 0 Å². The summed E-state index contributed by atoms with van der Waals surface area (Å²) < 4.78 is 40.6. The number of rotatable bonds is 4. The summed E-state index contributed by atoms with van der Waals surface area (Å²) in [6.07, 6.45) is -0.0404. The molecule has 0 spiro atoms. The highest BCUT2D eigenvalue weighted by atomic mass is 32.2. The lowest BCUT2D eigenvalue weighted by molar-refractivity contribution is 0.121. The minimum absolute atomic E-state index is 0.0317. The molecule has 0 aliphatic heterocycles. The number of carbonyl (C=O) groups excluding carboxylic acids is 1. The van der Waals surface area contributed by atoms with E-state index < -0.39 is 16.3 Å². The Morgan fingerprint density at radius 1 is 1.06 bits per heavy atom. The summed E-state index contributed by atoms with van der Waals surface area (Å²) in [7, 11) is -1.15. The smallest absolute Gasteiger partial charge is 0.496 e. The second-order valence-electron chi connectivity index (χ2n) is 3.19. The van der Waals surface area contributed by atoms with Crippen LogP contribution < -0.4 is 13.7 Å². The summed E-state index contributed by atoms with van der Waals surface area (Å²) in [6, 6.07) is 3.94. The second kappa shape index (κ2) is 5.58. The van der Waals surface area contributed by atoms with Crippen LogP contribution in [0.1, 0.15) is 0 Å². The van der Waals surface area contributed by atoms with Gasteiger partial charge in [0, 0.05) is 18.2 Å². The molecule has 0 aliphatic carbocycles. The fourth-order valence-corrected chi connectivity index (χ4v) is 1.53. The standard InChI is InChI=1S/C10H12O7S/c1-14-7-4-8(16-10(11)15-2)6-9(5-7)17-18(3,12)13/h4-6H,1-3H3. The summed E-state index contributed by atoms with van der Waals surface area (Å²) in [5.74, 6) is 0.283. The van der Waals surface area contributed by atoms with E-state index in [-0.39, 0.29) is 17.2 Å². The van der Waals surface area contributed by atoms with E-state index in [1.165, 1.54) is 25.3 Å². The summed E-state index contributed by atoms with van der Waals surface area (Å²) in [4.78, 5) is 10.9. The molecule has 100 valence electrons. The molecule has 0 aliphatic rings. The Bertz CT molecular complexity index is 535. The molecule has 0 atom stereocenters. The number of ether oxygens (including phenoxy) is 3. The second-order valence-corrected chi connectivity index (χ2v) is 4.76. The van der Waals surface area contributed by atoms with Crippen molar-refractivity contribution < 1.29 is 31.6 Å². The molecule has 8 heteroatoms. The van der Waals surface area contributed by atoms with Crippen LogP contribution in [-0.2, 0) is 14.9 Å². The SMILES string of the molecule is COC(=O)Oc1cc(OC)cc(OS(C)(=O)=O)c1. The number of hydrogen-bond donors (Lipinski definition) is 0. The maximum Gasteiger partial charge on any atom is 0.513 e. The Balaban J connectivity index is 3.05. The molecule has 1 aromatic rings. The van der Waals surface area contributed by atoms with Crippen LogP contribution in [0, 0.1) is 0 Å². The third-order valence-corrected chi connectivity index (χ3v) is 2.20. The Kier molecular flexibility index (Phi) is 4.38. The van der Waals surface area contributed by atoms with Crippen molar-refractivity contribution in [1.29, 1.82) is 0 Å². The predicted octanol–water partition coefficient (Wildman–Crippen LogP) is 1.18. The molecule has 0 radical (unpaired) electrons. The maximum atomic E-state index is 11.0. The zero-order valence-corrected chi connectivity index (χ0v) is 10.8. The van der Waals surface area contributed by atoms with Crippen LogP contribution in [0.15, 0.2) is 18.2 Å². The Labute approximate surface area is 104 Å². The summed E-state index contributed by atoms with van der Waals surface area (Å²) in [6.45, 7) is 0. The monoisotopic (exact) mass is 276 g/mol. The van der Waals surface area contributed by atoms with Gasteiger partial charge in [-0.25, -0.2) is 4.79 Å². The van der Waals surface area contributed by atoms with Gasteiger partial charge in [-0.05, 0) is 0 Å². The molecule has 0 saturated heterocycles. The van der Waals surface area contributed by atoms with E-state index in [0.717, 1.165) is 13.4 Å². The fourth-order valence-electron chi connectivity index (χ4n) is 1.08. The van der Waals surface area contributed by atoms with Crippen LogP contribution in [0.5, 0.6) is 17.2 Å². The quantitative estimate of drug-likeness (QED) is 0.463. The molecule has 0 heterocycles. The molecule has 1 rings (SSSR count). The van der Waals surface area contributed by atoms with Gasteiger partial charge in [0.15, 0.2) is 0 Å². The molecule has 0 saturated carbocycles. The molecule has 18 heavy (non-hydrogen) atoms. The Morgan fingerprint density at radius 3 is 2.11 bits per heavy atom. The molecule has 0 amide bonds. The van der Waals surface area contributed by atoms with Crippen LogP contribution >= 0.6 is 0 Å². The van der Waals surface area contributed by atoms with Crippen LogP contribution in [-0.4, -0.2) is 35.0 Å². The van der Waals surface area contributed by atoms with Gasteiger partial charge in [-0.1, -0.05) is 0 Å². The summed E-state index contributed by atoms with van der Waals surface area (Å²) >= 11 is 0. The van der Waals surface area contributed by atoms with E-state index >= 15 is 0 Å². The fraction of sp³-hybridized carbons (Fsp3) is 0.300. The topological polar surface area (TPSA) is 88.1 Å². The van der Waals surface area contributed by atoms with Gasteiger partial charge in [-0.15, -0.1) is 0 Å². The van der Waals surface area contributed by atoms with Gasteiger partial charge in [0.05, 0.1) is 20.5 Å².